The molecule has 0 radical (unpaired) electrons. The fourth-order valence-corrected chi connectivity index (χ4v) is 4.51. The summed E-state index contributed by atoms with van der Waals surface area (Å²) >= 11 is 3.63. The minimum absolute atomic E-state index is 0.222. The Kier molecular flexibility index (Phi) is 7.69. The molecule has 2 aliphatic rings. The van der Waals surface area contributed by atoms with Crippen LogP contribution in [0.2, 0.25) is 0 Å². The first kappa shape index (κ1) is 21.5. The molecule has 1 aromatic carbocycles. The van der Waals surface area contributed by atoms with E-state index in [1.807, 2.05) is 4.90 Å². The Balaban J connectivity index is 1.73. The Morgan fingerprint density at radius 2 is 1.93 bits per heavy atom. The molecule has 1 aromatic rings. The number of unbranched alkanes of at least 4 members (excludes halogenated alkanes) is 2. The predicted octanol–water partition coefficient (Wildman–Crippen LogP) is 6.01. The van der Waals surface area contributed by atoms with Crippen LogP contribution in [-0.4, -0.2) is 28.8 Å². The van der Waals surface area contributed by atoms with Gasteiger partial charge in [0.2, 0.25) is 0 Å². The number of rotatable bonds is 10. The van der Waals surface area contributed by atoms with Crippen LogP contribution in [0.15, 0.2) is 27.7 Å². The van der Waals surface area contributed by atoms with Gasteiger partial charge in [-0.1, -0.05) is 67.6 Å². The van der Waals surface area contributed by atoms with Crippen LogP contribution in [0.1, 0.15) is 82.8 Å². The molecule has 4 nitrogen and oxygen atoms in total. The van der Waals surface area contributed by atoms with Gasteiger partial charge in [-0.15, -0.1) is 0 Å². The highest BCUT2D eigenvalue weighted by atomic mass is 79.9. The van der Waals surface area contributed by atoms with E-state index in [-0.39, 0.29) is 5.91 Å². The number of nitrogens with zero attached hydrogens (tertiary/aromatic N) is 2. The van der Waals surface area contributed by atoms with Crippen LogP contribution in [0.25, 0.3) is 0 Å². The molecule has 1 aliphatic carbocycles. The average Bonchev–Trinajstić information content (AvgIpc) is 3.27. The monoisotopic (exact) mass is 448 g/mol. The second kappa shape index (κ2) is 10.0. The van der Waals surface area contributed by atoms with E-state index in [1.54, 1.807) is 0 Å². The molecule has 0 bridgehead atoms. The van der Waals surface area contributed by atoms with Crippen LogP contribution >= 0.6 is 15.9 Å². The van der Waals surface area contributed by atoms with E-state index in [2.05, 4.69) is 48.0 Å². The Hall–Kier alpha value is -1.20. The first-order chi connectivity index (χ1) is 13.6. The molecule has 0 aromatic heterocycles. The van der Waals surface area contributed by atoms with E-state index >= 15 is 0 Å². The van der Waals surface area contributed by atoms with Gasteiger partial charge in [-0.05, 0) is 42.9 Å². The number of carbonyl (C=O) groups is 1. The number of hydrogen-bond donors (Lipinski definition) is 0. The smallest absolute Gasteiger partial charge is 0.256 e. The molecule has 154 valence electrons. The van der Waals surface area contributed by atoms with Crippen LogP contribution in [0.5, 0.6) is 0 Å². The van der Waals surface area contributed by atoms with Crippen molar-refractivity contribution in [3.05, 3.63) is 33.8 Å². The van der Waals surface area contributed by atoms with E-state index in [0.29, 0.717) is 13.2 Å². The van der Waals surface area contributed by atoms with Crippen molar-refractivity contribution in [1.82, 2.24) is 4.90 Å². The molecule has 5 heteroatoms. The lowest BCUT2D eigenvalue weighted by Gasteiger charge is -2.23. The zero-order valence-electron chi connectivity index (χ0n) is 17.3. The van der Waals surface area contributed by atoms with Crippen molar-refractivity contribution < 1.29 is 9.53 Å². The van der Waals surface area contributed by atoms with Gasteiger partial charge in [0.1, 0.15) is 11.4 Å². The van der Waals surface area contributed by atoms with Crippen molar-refractivity contribution in [2.75, 3.05) is 6.61 Å². The van der Waals surface area contributed by atoms with Gasteiger partial charge in [-0.2, -0.15) is 0 Å². The van der Waals surface area contributed by atoms with Crippen molar-refractivity contribution in [1.29, 1.82) is 0 Å². The maximum atomic E-state index is 13.3. The number of amidine groups is 1. The molecule has 1 aliphatic heterocycles. The lowest BCUT2D eigenvalue weighted by Crippen LogP contribution is -2.40. The third kappa shape index (κ3) is 4.85. The third-order valence-electron chi connectivity index (χ3n) is 5.83. The van der Waals surface area contributed by atoms with Gasteiger partial charge < -0.3 is 4.74 Å². The normalized spacial score (nSPS) is 18.3. The van der Waals surface area contributed by atoms with Gasteiger partial charge in [0, 0.05) is 17.5 Å². The summed E-state index contributed by atoms with van der Waals surface area (Å²) < 4.78 is 6.87. The minimum atomic E-state index is -0.454. The standard InChI is InChI=1S/C23H33BrN2O2/c1-3-5-9-21-25-23(12-7-8-13-23)22(27)26(21)16-18-10-11-20(24)19(15-18)17-28-14-6-4-2/h10-11,15H,3-9,12-14,16-17H2,1-2H3. The molecule has 28 heavy (non-hydrogen) atoms. The van der Waals surface area contributed by atoms with Crippen LogP contribution in [0.3, 0.4) is 0 Å². The number of halogens is 1. The summed E-state index contributed by atoms with van der Waals surface area (Å²) in [7, 11) is 0. The fourth-order valence-electron chi connectivity index (χ4n) is 4.15. The zero-order valence-corrected chi connectivity index (χ0v) is 18.9. The predicted molar refractivity (Wildman–Crippen MR) is 117 cm³/mol. The molecule has 1 saturated carbocycles. The SMILES string of the molecule is CCCCOCc1cc(CN2C(=O)C3(CCCC3)N=C2CCCC)ccc1Br. The number of amides is 1. The summed E-state index contributed by atoms with van der Waals surface area (Å²) in [5, 5.41) is 0. The lowest BCUT2D eigenvalue weighted by molar-refractivity contribution is -0.131. The van der Waals surface area contributed by atoms with Gasteiger partial charge in [0.05, 0.1) is 13.2 Å². The highest BCUT2D eigenvalue weighted by Gasteiger charge is 2.49. The van der Waals surface area contributed by atoms with Crippen LogP contribution < -0.4 is 0 Å². The maximum Gasteiger partial charge on any atom is 0.256 e. The molecule has 1 heterocycles. The van der Waals surface area contributed by atoms with E-state index in [4.69, 9.17) is 9.73 Å². The van der Waals surface area contributed by atoms with E-state index in [0.717, 1.165) is 85.8 Å². The Morgan fingerprint density at radius 3 is 2.64 bits per heavy atom. The van der Waals surface area contributed by atoms with Crippen molar-refractivity contribution in [2.24, 2.45) is 4.99 Å². The van der Waals surface area contributed by atoms with Gasteiger partial charge in [-0.25, -0.2) is 0 Å². The first-order valence-corrected chi connectivity index (χ1v) is 11.6. The van der Waals surface area contributed by atoms with Gasteiger partial charge in [-0.3, -0.25) is 14.7 Å². The van der Waals surface area contributed by atoms with Crippen LogP contribution in [-0.2, 0) is 22.7 Å². The largest absolute Gasteiger partial charge is 0.377 e. The first-order valence-electron chi connectivity index (χ1n) is 10.9. The molecule has 1 amide bonds. The number of aliphatic imine (C=N–C) groups is 1. The Morgan fingerprint density at radius 1 is 1.18 bits per heavy atom. The quantitative estimate of drug-likeness (QED) is 0.411. The maximum absolute atomic E-state index is 13.3. The molecule has 1 fully saturated rings. The Labute approximate surface area is 177 Å². The average molecular weight is 449 g/mol. The second-order valence-electron chi connectivity index (χ2n) is 8.09. The van der Waals surface area contributed by atoms with Crippen molar-refractivity contribution in [3.8, 4) is 0 Å². The Bertz CT molecular complexity index is 711. The number of hydrogen-bond acceptors (Lipinski definition) is 3. The molecule has 0 N–H and O–H groups in total. The number of benzene rings is 1. The molecule has 0 unspecified atom stereocenters. The molecule has 1 spiro atoms. The minimum Gasteiger partial charge on any atom is -0.377 e. The number of ether oxygens (including phenoxy) is 1. The molecular weight excluding hydrogens is 416 g/mol. The van der Waals surface area contributed by atoms with Crippen molar-refractivity contribution in [2.45, 2.75) is 90.3 Å². The van der Waals surface area contributed by atoms with Gasteiger partial charge in [0.25, 0.3) is 5.91 Å². The van der Waals surface area contributed by atoms with Crippen LogP contribution in [0.4, 0.5) is 0 Å². The van der Waals surface area contributed by atoms with Crippen LogP contribution in [0, 0.1) is 0 Å². The summed E-state index contributed by atoms with van der Waals surface area (Å²) in [5.74, 6) is 1.22. The highest BCUT2D eigenvalue weighted by Crippen LogP contribution is 2.40. The van der Waals surface area contributed by atoms with E-state index < -0.39 is 5.54 Å². The zero-order chi connectivity index (χ0) is 20.0. The molecule has 0 atom stereocenters. The summed E-state index contributed by atoms with van der Waals surface area (Å²) in [5.41, 5.74) is 1.83. The third-order valence-corrected chi connectivity index (χ3v) is 6.61. The summed E-state index contributed by atoms with van der Waals surface area (Å²) in [6.07, 6.45) is 9.36. The summed E-state index contributed by atoms with van der Waals surface area (Å²) in [4.78, 5) is 20.2. The topological polar surface area (TPSA) is 41.9 Å². The summed E-state index contributed by atoms with van der Waals surface area (Å²) in [6, 6.07) is 6.34. The highest BCUT2D eigenvalue weighted by molar-refractivity contribution is 9.10. The summed E-state index contributed by atoms with van der Waals surface area (Å²) in [6.45, 7) is 6.35. The fraction of sp³-hybridized carbons (Fsp3) is 0.652. The molecular formula is C23H33BrN2O2. The number of carbonyl (C=O) groups excluding carboxylic acids is 1. The van der Waals surface area contributed by atoms with Gasteiger partial charge >= 0.3 is 0 Å². The van der Waals surface area contributed by atoms with Crippen molar-refractivity contribution >= 4 is 27.7 Å². The van der Waals surface area contributed by atoms with E-state index in [1.165, 1.54) is 0 Å². The second-order valence-corrected chi connectivity index (χ2v) is 8.95. The molecule has 0 saturated heterocycles. The van der Waals surface area contributed by atoms with Gasteiger partial charge in [0.15, 0.2) is 0 Å². The van der Waals surface area contributed by atoms with E-state index in [9.17, 15) is 4.79 Å². The molecule has 3 rings (SSSR count). The lowest BCUT2D eigenvalue weighted by atomic mass is 9.98. The van der Waals surface area contributed by atoms with Crippen molar-refractivity contribution in [3.63, 3.8) is 0 Å².